The third-order valence-corrected chi connectivity index (χ3v) is 6.03. The summed E-state index contributed by atoms with van der Waals surface area (Å²) in [6.07, 6.45) is 25.9. The van der Waals surface area contributed by atoms with Gasteiger partial charge in [0.25, 0.3) is 11.4 Å². The predicted octanol–water partition coefficient (Wildman–Crippen LogP) is 3.40. The van der Waals surface area contributed by atoms with E-state index in [9.17, 15) is 20.2 Å². The highest BCUT2D eigenvalue weighted by Crippen LogP contribution is 2.16. The maximum Gasteiger partial charge on any atom is 0.288 e. The standard InChI is InChI=1S/C29H26N4O4/c34-32(35)28-10-6-24(7-11-28)2-4-26-14-20-30(21-15-26)18-1-19-31-22-16-27(17-23-31)5-3-25-8-12-29(13-9-25)33(36)37/h2-17,20-23H,1,18-19H2/q+2/p+2. The van der Waals surface area contributed by atoms with Crippen LogP contribution in [0, 0.1) is 33.1 Å². The summed E-state index contributed by atoms with van der Waals surface area (Å²) in [5.41, 5.74) is 4.19. The van der Waals surface area contributed by atoms with Gasteiger partial charge in [0.15, 0.2) is 0 Å². The van der Waals surface area contributed by atoms with Crippen LogP contribution in [0.15, 0.2) is 121 Å². The van der Waals surface area contributed by atoms with Gasteiger partial charge in [0, 0.05) is 80.0 Å². The van der Waals surface area contributed by atoms with Crippen LogP contribution >= 0.6 is 0 Å². The van der Waals surface area contributed by atoms with Crippen molar-refractivity contribution in [3.8, 4) is 0 Å². The minimum Gasteiger partial charge on any atom is -0.281 e. The Morgan fingerprint density at radius 2 is 0.973 bits per heavy atom. The number of hydrogen-bond donors (Lipinski definition) is 2. The molecule has 37 heavy (non-hydrogen) atoms. The predicted molar refractivity (Wildman–Crippen MR) is 142 cm³/mol. The summed E-state index contributed by atoms with van der Waals surface area (Å²) < 4.78 is 0. The molecule has 0 unspecified atom stereocenters. The van der Waals surface area contributed by atoms with Gasteiger partial charge in [0.05, 0.1) is 69.5 Å². The molecule has 184 valence electrons. The molecule has 8 heteroatoms. The Balaban J connectivity index is 1.16. The summed E-state index contributed by atoms with van der Waals surface area (Å²) in [4.78, 5) is 23.3. The minimum absolute atomic E-state index is 0.0916. The van der Waals surface area contributed by atoms with E-state index >= 15 is 0 Å². The molecule has 0 bridgehead atoms. The largest absolute Gasteiger partial charge is 0.288 e. The van der Waals surface area contributed by atoms with E-state index in [2.05, 4.69) is 49.1 Å². The summed E-state index contributed by atoms with van der Waals surface area (Å²) >= 11 is 0. The summed E-state index contributed by atoms with van der Waals surface area (Å²) in [7, 11) is 0. The van der Waals surface area contributed by atoms with Crippen molar-refractivity contribution in [2.75, 3.05) is 13.1 Å². The molecule has 0 saturated heterocycles. The Morgan fingerprint density at radius 1 is 0.622 bits per heavy atom. The van der Waals surface area contributed by atoms with E-state index in [1.165, 1.54) is 34.1 Å². The molecule has 0 fully saturated rings. The smallest absolute Gasteiger partial charge is 0.281 e. The van der Waals surface area contributed by atoms with Crippen molar-refractivity contribution < 1.29 is 19.6 Å². The van der Waals surface area contributed by atoms with Crippen LogP contribution in [0.1, 0.15) is 17.5 Å². The molecular formula is C29H28N4O4+4. The van der Waals surface area contributed by atoms with Crippen molar-refractivity contribution in [3.63, 3.8) is 0 Å². The number of benzene rings is 2. The highest BCUT2D eigenvalue weighted by Gasteiger charge is 2.14. The Labute approximate surface area is 215 Å². The first-order chi connectivity index (χ1) is 18.0. The molecule has 0 amide bonds. The van der Waals surface area contributed by atoms with Gasteiger partial charge in [-0.2, -0.15) is 0 Å². The van der Waals surface area contributed by atoms with Crippen molar-refractivity contribution >= 4 is 11.4 Å². The fourth-order valence-corrected chi connectivity index (χ4v) is 3.89. The fraction of sp³-hybridized carbons (Fsp3) is 0.103. The van der Waals surface area contributed by atoms with Gasteiger partial charge in [-0.15, -0.1) is 0 Å². The van der Waals surface area contributed by atoms with Gasteiger partial charge < -0.3 is 0 Å². The zero-order valence-electron chi connectivity index (χ0n) is 20.2. The van der Waals surface area contributed by atoms with E-state index in [1.54, 1.807) is 24.3 Å². The number of hydrogen-bond acceptors (Lipinski definition) is 4. The molecule has 2 aromatic carbocycles. The molecule has 8 nitrogen and oxygen atoms in total. The van der Waals surface area contributed by atoms with E-state index < -0.39 is 9.85 Å². The normalized spacial score (nSPS) is 17.9. The van der Waals surface area contributed by atoms with Crippen LogP contribution in [0.2, 0.25) is 0 Å². The quantitative estimate of drug-likeness (QED) is 0.299. The number of nitro benzene ring substituents is 2. The second-order valence-electron chi connectivity index (χ2n) is 8.70. The fourth-order valence-electron chi connectivity index (χ4n) is 3.89. The lowest BCUT2D eigenvalue weighted by atomic mass is 10.1. The number of nitrogens with one attached hydrogen (secondary N) is 2. The Hall–Kier alpha value is -4.66. The number of rotatable bonds is 10. The zero-order valence-corrected chi connectivity index (χ0v) is 20.2. The molecule has 2 heterocycles. The van der Waals surface area contributed by atoms with Gasteiger partial charge in [0.2, 0.25) is 0 Å². The van der Waals surface area contributed by atoms with E-state index in [4.69, 9.17) is 0 Å². The molecule has 0 aromatic heterocycles. The Bertz CT molecular complexity index is 1170. The molecule has 0 radical (unpaired) electrons. The maximum absolute atomic E-state index is 10.8. The number of quaternary nitrogens is 2. The SMILES string of the molecule is O=[N+]([O-])c1ccc([CH+]C=C2C=C[NH+](CCC[NH+]3C=CC(=C[CH+]c4ccc([N+](=O)[O-])cc4)C=C3)C=C2)cc1. The minimum atomic E-state index is -0.397. The molecular weight excluding hydrogens is 468 g/mol. The molecule has 4 rings (SSSR count). The zero-order chi connectivity index (χ0) is 26.0. The lowest BCUT2D eigenvalue weighted by Crippen LogP contribution is -3.06. The van der Waals surface area contributed by atoms with Crippen LogP contribution in [0.4, 0.5) is 11.4 Å². The second kappa shape index (κ2) is 12.3. The maximum atomic E-state index is 10.8. The molecule has 2 N–H and O–H groups in total. The molecule has 0 spiro atoms. The summed E-state index contributed by atoms with van der Waals surface area (Å²) in [5, 5.41) is 21.5. The third-order valence-electron chi connectivity index (χ3n) is 6.03. The van der Waals surface area contributed by atoms with Gasteiger partial charge in [-0.3, -0.25) is 30.0 Å². The first-order valence-corrected chi connectivity index (χ1v) is 12.0. The number of allylic oxidation sites excluding steroid dienone is 8. The number of nitrogens with zero attached hydrogens (tertiary/aromatic N) is 2. The molecule has 0 aliphatic carbocycles. The van der Waals surface area contributed by atoms with Gasteiger partial charge in [0.1, 0.15) is 24.8 Å². The second-order valence-corrected chi connectivity index (χ2v) is 8.70. The van der Waals surface area contributed by atoms with Gasteiger partial charge >= 0.3 is 0 Å². The van der Waals surface area contributed by atoms with E-state index in [-0.39, 0.29) is 11.4 Å². The first kappa shape index (κ1) is 25.4. The Kier molecular flexibility index (Phi) is 8.49. The van der Waals surface area contributed by atoms with Crippen molar-refractivity contribution in [1.29, 1.82) is 0 Å². The highest BCUT2D eigenvalue weighted by atomic mass is 16.6. The lowest BCUT2D eigenvalue weighted by molar-refractivity contribution is -0.813. The summed E-state index contributed by atoms with van der Waals surface area (Å²) in [6, 6.07) is 13.0. The van der Waals surface area contributed by atoms with Crippen LogP contribution in [0.5, 0.6) is 0 Å². The molecule has 2 aliphatic rings. The van der Waals surface area contributed by atoms with Crippen LogP contribution in [0.25, 0.3) is 0 Å². The van der Waals surface area contributed by atoms with Crippen molar-refractivity contribution in [2.24, 2.45) is 0 Å². The van der Waals surface area contributed by atoms with Crippen LogP contribution < -0.4 is 9.80 Å². The van der Waals surface area contributed by atoms with Crippen LogP contribution in [-0.2, 0) is 0 Å². The first-order valence-electron chi connectivity index (χ1n) is 12.0. The van der Waals surface area contributed by atoms with Crippen molar-refractivity contribution in [3.05, 3.63) is 165 Å². The van der Waals surface area contributed by atoms with Gasteiger partial charge in [-0.25, -0.2) is 0 Å². The monoisotopic (exact) mass is 496 g/mol. The highest BCUT2D eigenvalue weighted by molar-refractivity contribution is 5.42. The van der Waals surface area contributed by atoms with Gasteiger partial charge in [-0.1, -0.05) is 0 Å². The Morgan fingerprint density at radius 3 is 1.30 bits per heavy atom. The van der Waals surface area contributed by atoms with E-state index in [0.29, 0.717) is 0 Å². The van der Waals surface area contributed by atoms with Crippen molar-refractivity contribution in [1.82, 2.24) is 0 Å². The van der Waals surface area contributed by atoms with Crippen LogP contribution in [-0.4, -0.2) is 22.9 Å². The molecule has 2 aliphatic heterocycles. The third kappa shape index (κ3) is 7.66. The van der Waals surface area contributed by atoms with E-state index in [1.807, 2.05) is 25.0 Å². The van der Waals surface area contributed by atoms with Gasteiger partial charge in [-0.05, 0) is 0 Å². The number of nitro groups is 2. The van der Waals surface area contributed by atoms with Crippen molar-refractivity contribution in [2.45, 2.75) is 6.42 Å². The average molecular weight is 497 g/mol. The number of non-ortho nitro benzene ring substituents is 2. The summed E-state index contributed by atoms with van der Waals surface area (Å²) in [6.45, 7) is 1.99. The lowest BCUT2D eigenvalue weighted by Gasteiger charge is -2.14. The molecule has 0 saturated carbocycles. The molecule has 2 aromatic rings. The van der Waals surface area contributed by atoms with E-state index in [0.717, 1.165) is 41.8 Å². The molecule has 0 atom stereocenters. The topological polar surface area (TPSA) is 95.2 Å². The average Bonchev–Trinajstić information content (AvgIpc) is 2.92. The summed E-state index contributed by atoms with van der Waals surface area (Å²) in [5.74, 6) is 0. The van der Waals surface area contributed by atoms with Crippen LogP contribution in [0.3, 0.4) is 0 Å².